The van der Waals surface area contributed by atoms with Gasteiger partial charge in [-0.25, -0.2) is 4.39 Å². The Kier molecular flexibility index (Phi) is 5.03. The molecule has 0 spiro atoms. The van der Waals surface area contributed by atoms with Crippen molar-refractivity contribution in [2.45, 2.75) is 6.36 Å². The Morgan fingerprint density at radius 2 is 2.00 bits per heavy atom. The molecule has 0 aromatic heterocycles. The van der Waals surface area contributed by atoms with Crippen molar-refractivity contribution in [2.24, 2.45) is 0 Å². The lowest BCUT2D eigenvalue weighted by Crippen LogP contribution is -2.19. The summed E-state index contributed by atoms with van der Waals surface area (Å²) in [6.07, 6.45) is -4.66. The van der Waals surface area contributed by atoms with Gasteiger partial charge >= 0.3 is 6.36 Å². The summed E-state index contributed by atoms with van der Waals surface area (Å²) in [6.45, 7) is -0.674. The summed E-state index contributed by atoms with van der Waals surface area (Å²) >= 11 is 8.75. The van der Waals surface area contributed by atoms with Crippen molar-refractivity contribution in [1.29, 1.82) is 0 Å². The maximum atomic E-state index is 12.8. The lowest BCUT2D eigenvalue weighted by molar-refractivity contribution is -0.322. The molecular weight excluding hydrogens is 329 g/mol. The van der Waals surface area contributed by atoms with E-state index in [0.717, 1.165) is 12.1 Å². The van der Waals surface area contributed by atoms with Crippen LogP contribution in [-0.4, -0.2) is 19.5 Å². The molecule has 1 aromatic carbocycles. The highest BCUT2D eigenvalue weighted by molar-refractivity contribution is 9.10. The summed E-state index contributed by atoms with van der Waals surface area (Å²) in [4.78, 5) is 0. The minimum Gasteiger partial charge on any atom is -0.381 e. The number of hydrogen-bond donors (Lipinski definition) is 1. The van der Waals surface area contributed by atoms with Crippen LogP contribution in [0.3, 0.4) is 0 Å². The van der Waals surface area contributed by atoms with E-state index in [1.54, 1.807) is 0 Å². The first-order valence-corrected chi connectivity index (χ1v) is 5.56. The van der Waals surface area contributed by atoms with Gasteiger partial charge in [0.2, 0.25) is 0 Å². The predicted octanol–water partition coefficient (Wildman–Crippen LogP) is 4.19. The van der Waals surface area contributed by atoms with E-state index in [-0.39, 0.29) is 11.6 Å². The van der Waals surface area contributed by atoms with E-state index in [9.17, 15) is 17.6 Å². The Bertz CT molecular complexity index is 376. The number of anilines is 1. The van der Waals surface area contributed by atoms with Crippen LogP contribution in [0.1, 0.15) is 0 Å². The first-order valence-electron chi connectivity index (χ1n) is 4.38. The van der Waals surface area contributed by atoms with Gasteiger partial charge < -0.3 is 5.32 Å². The highest BCUT2D eigenvalue weighted by Crippen LogP contribution is 2.31. The predicted molar refractivity (Wildman–Crippen MR) is 59.6 cm³/mol. The van der Waals surface area contributed by atoms with Crippen LogP contribution in [0.4, 0.5) is 23.2 Å². The van der Waals surface area contributed by atoms with E-state index in [0.29, 0.717) is 10.2 Å². The number of alkyl halides is 3. The summed E-state index contributed by atoms with van der Waals surface area (Å²) in [6, 6.07) is 2.21. The fourth-order valence-electron chi connectivity index (χ4n) is 1.05. The minimum absolute atomic E-state index is 0.0730. The number of nitrogens with one attached hydrogen (secondary N) is 1. The lowest BCUT2D eigenvalue weighted by Gasteiger charge is -2.12. The fraction of sp³-hybridized carbons (Fsp3) is 0.333. The van der Waals surface area contributed by atoms with Gasteiger partial charge in [-0.15, -0.1) is 13.2 Å². The second kappa shape index (κ2) is 5.88. The summed E-state index contributed by atoms with van der Waals surface area (Å²) in [5, 5.41) is 2.68. The monoisotopic (exact) mass is 335 g/mol. The van der Waals surface area contributed by atoms with Crippen LogP contribution < -0.4 is 5.32 Å². The van der Waals surface area contributed by atoms with Crippen molar-refractivity contribution in [3.8, 4) is 0 Å². The number of ether oxygens (including phenoxy) is 1. The third-order valence-electron chi connectivity index (χ3n) is 1.68. The zero-order valence-electron chi connectivity index (χ0n) is 8.24. The van der Waals surface area contributed by atoms with Gasteiger partial charge in [0.05, 0.1) is 17.3 Å². The van der Waals surface area contributed by atoms with E-state index in [1.807, 2.05) is 0 Å². The Balaban J connectivity index is 2.53. The van der Waals surface area contributed by atoms with Gasteiger partial charge in [0.25, 0.3) is 0 Å². The molecular formula is C9H7BrClF4NO. The van der Waals surface area contributed by atoms with E-state index in [2.05, 4.69) is 26.0 Å². The molecule has 2 nitrogen and oxygen atoms in total. The quantitative estimate of drug-likeness (QED) is 0.657. The van der Waals surface area contributed by atoms with Crippen molar-refractivity contribution in [2.75, 3.05) is 18.5 Å². The van der Waals surface area contributed by atoms with Gasteiger partial charge in [-0.1, -0.05) is 11.6 Å². The van der Waals surface area contributed by atoms with Gasteiger partial charge in [0.15, 0.2) is 0 Å². The van der Waals surface area contributed by atoms with Crippen LogP contribution in [0, 0.1) is 5.82 Å². The Hall–Kier alpha value is -0.530. The van der Waals surface area contributed by atoms with Crippen LogP contribution in [0.15, 0.2) is 16.6 Å². The van der Waals surface area contributed by atoms with Gasteiger partial charge in [-0.3, -0.25) is 4.74 Å². The average Bonchev–Trinajstić information content (AvgIpc) is 2.13. The van der Waals surface area contributed by atoms with Crippen molar-refractivity contribution < 1.29 is 22.3 Å². The van der Waals surface area contributed by atoms with Gasteiger partial charge in [-0.2, -0.15) is 0 Å². The van der Waals surface area contributed by atoms with E-state index in [1.165, 1.54) is 0 Å². The summed E-state index contributed by atoms with van der Waals surface area (Å²) in [5.41, 5.74) is 0.318. The molecule has 0 atom stereocenters. The van der Waals surface area contributed by atoms with Crippen LogP contribution in [0.5, 0.6) is 0 Å². The average molecular weight is 337 g/mol. The number of halogens is 6. The molecule has 0 saturated heterocycles. The molecule has 8 heteroatoms. The summed E-state index contributed by atoms with van der Waals surface area (Å²) in [5.74, 6) is -0.543. The van der Waals surface area contributed by atoms with Crippen LogP contribution in [-0.2, 0) is 4.74 Å². The first kappa shape index (κ1) is 14.5. The molecule has 0 bridgehead atoms. The molecule has 0 unspecified atom stereocenters. The molecule has 0 fully saturated rings. The molecule has 0 aliphatic carbocycles. The second-order valence-corrected chi connectivity index (χ2v) is 4.23. The number of benzene rings is 1. The third kappa shape index (κ3) is 5.10. The fourth-order valence-corrected chi connectivity index (χ4v) is 2.01. The third-order valence-corrected chi connectivity index (χ3v) is 2.60. The smallest absolute Gasteiger partial charge is 0.381 e. The lowest BCUT2D eigenvalue weighted by atomic mass is 10.3. The van der Waals surface area contributed by atoms with Gasteiger partial charge in [0, 0.05) is 11.0 Å². The largest absolute Gasteiger partial charge is 0.522 e. The zero-order chi connectivity index (χ0) is 13.1. The van der Waals surface area contributed by atoms with Crippen molar-refractivity contribution >= 4 is 33.2 Å². The Morgan fingerprint density at radius 1 is 1.35 bits per heavy atom. The number of hydrogen-bond acceptors (Lipinski definition) is 2. The van der Waals surface area contributed by atoms with Crippen molar-refractivity contribution in [3.05, 3.63) is 27.4 Å². The maximum absolute atomic E-state index is 12.8. The highest BCUT2D eigenvalue weighted by atomic mass is 79.9. The van der Waals surface area contributed by atoms with Crippen LogP contribution in [0.25, 0.3) is 0 Å². The van der Waals surface area contributed by atoms with E-state index < -0.39 is 18.8 Å². The molecule has 1 aromatic rings. The van der Waals surface area contributed by atoms with E-state index in [4.69, 9.17) is 11.6 Å². The van der Waals surface area contributed by atoms with Crippen molar-refractivity contribution in [3.63, 3.8) is 0 Å². The van der Waals surface area contributed by atoms with Crippen molar-refractivity contribution in [1.82, 2.24) is 0 Å². The standard InChI is InChI=1S/C9H7BrClF4NO/c10-6-3-5(12)4-7(11)8(6)16-1-2-17-9(13,14)15/h3-4,16H,1-2H2. The number of rotatable bonds is 4. The molecule has 0 aliphatic rings. The molecule has 0 amide bonds. The molecule has 0 heterocycles. The first-order chi connectivity index (χ1) is 7.79. The Morgan fingerprint density at radius 3 is 2.53 bits per heavy atom. The maximum Gasteiger partial charge on any atom is 0.522 e. The SMILES string of the molecule is Fc1cc(Cl)c(NCCOC(F)(F)F)c(Br)c1. The highest BCUT2D eigenvalue weighted by Gasteiger charge is 2.28. The summed E-state index contributed by atoms with van der Waals surface area (Å²) in [7, 11) is 0. The Labute approximate surface area is 108 Å². The molecule has 0 aliphatic heterocycles. The molecule has 96 valence electrons. The van der Waals surface area contributed by atoms with E-state index >= 15 is 0 Å². The van der Waals surface area contributed by atoms with Crippen LogP contribution in [0.2, 0.25) is 5.02 Å². The van der Waals surface area contributed by atoms with Crippen LogP contribution >= 0.6 is 27.5 Å². The van der Waals surface area contributed by atoms with Gasteiger partial charge in [-0.05, 0) is 28.1 Å². The topological polar surface area (TPSA) is 21.3 Å². The normalized spacial score (nSPS) is 11.6. The second-order valence-electron chi connectivity index (χ2n) is 2.97. The molecule has 1 N–H and O–H groups in total. The molecule has 0 saturated carbocycles. The molecule has 0 radical (unpaired) electrons. The van der Waals surface area contributed by atoms with Gasteiger partial charge in [0.1, 0.15) is 5.82 Å². The minimum atomic E-state index is -4.66. The molecule has 17 heavy (non-hydrogen) atoms. The molecule has 1 rings (SSSR count). The summed E-state index contributed by atoms with van der Waals surface area (Å²) < 4.78 is 51.7. The zero-order valence-corrected chi connectivity index (χ0v) is 10.6.